The molecule has 0 aliphatic carbocycles. The van der Waals surface area contributed by atoms with E-state index in [9.17, 15) is 9.90 Å². The fraction of sp³-hybridized carbons (Fsp3) is 0.105. The van der Waals surface area contributed by atoms with E-state index in [0.717, 1.165) is 10.5 Å². The van der Waals surface area contributed by atoms with Gasteiger partial charge in [-0.3, -0.25) is 4.79 Å². The Morgan fingerprint density at radius 2 is 2.21 bits per heavy atom. The molecule has 0 saturated carbocycles. The standard InChI is InChI=1S/C19H15ClN4O3S/c20-12-3-1-2-11(8-12)14(19-21-6-7-27-19)10-22-18(26)17-23-15-5-4-13(25)9-16(15)28-24-17/h1-9,14,25H,10H2,(H,22,26)(H,23,24). The van der Waals surface area contributed by atoms with Gasteiger partial charge in [0.1, 0.15) is 12.0 Å². The van der Waals surface area contributed by atoms with Crippen molar-refractivity contribution in [3.63, 3.8) is 0 Å². The number of nitrogens with one attached hydrogen (secondary N) is 2. The molecule has 1 aliphatic rings. The van der Waals surface area contributed by atoms with E-state index in [0.29, 0.717) is 16.6 Å². The molecule has 28 heavy (non-hydrogen) atoms. The molecule has 1 aromatic heterocycles. The van der Waals surface area contributed by atoms with Crippen LogP contribution in [-0.2, 0) is 4.79 Å². The molecule has 1 aliphatic heterocycles. The van der Waals surface area contributed by atoms with Gasteiger partial charge in [0.15, 0.2) is 0 Å². The minimum absolute atomic E-state index is 0.145. The molecule has 3 N–H and O–H groups in total. The number of phenolic OH excluding ortho intramolecular Hbond substituents is 1. The number of halogens is 1. The number of nitrogens with zero attached hydrogens (tertiary/aromatic N) is 2. The monoisotopic (exact) mass is 414 g/mol. The molecule has 7 nitrogen and oxygen atoms in total. The maximum absolute atomic E-state index is 12.6. The normalized spacial score (nSPS) is 13.8. The molecule has 1 amide bonds. The maximum Gasteiger partial charge on any atom is 0.287 e. The number of carbonyl (C=O) groups excluding carboxylic acids is 1. The van der Waals surface area contributed by atoms with Gasteiger partial charge in [0.25, 0.3) is 5.91 Å². The van der Waals surface area contributed by atoms with Crippen LogP contribution in [-0.4, -0.2) is 28.4 Å². The smallest absolute Gasteiger partial charge is 0.287 e. The summed E-state index contributed by atoms with van der Waals surface area (Å²) in [5.74, 6) is 0.159. The van der Waals surface area contributed by atoms with Gasteiger partial charge in [0, 0.05) is 11.6 Å². The van der Waals surface area contributed by atoms with Gasteiger partial charge in [-0.25, -0.2) is 9.98 Å². The summed E-state index contributed by atoms with van der Waals surface area (Å²) in [6, 6.07) is 12.1. The molecule has 142 valence electrons. The summed E-state index contributed by atoms with van der Waals surface area (Å²) >= 11 is 7.33. The van der Waals surface area contributed by atoms with Crippen molar-refractivity contribution in [1.29, 1.82) is 0 Å². The largest absolute Gasteiger partial charge is 0.508 e. The van der Waals surface area contributed by atoms with E-state index in [1.54, 1.807) is 24.4 Å². The molecule has 0 spiro atoms. The van der Waals surface area contributed by atoms with Crippen LogP contribution in [0.5, 0.6) is 5.75 Å². The fourth-order valence-corrected chi connectivity index (χ4v) is 3.72. The zero-order valence-corrected chi connectivity index (χ0v) is 16.0. The SMILES string of the molecule is O=C(NCC(c1cccc(Cl)c1)c1ncco1)C1=Nc2ccc(O)cc2SN1. The third kappa shape index (κ3) is 3.97. The molecule has 1 unspecified atom stereocenters. The Kier molecular flexibility index (Phi) is 5.23. The molecule has 0 fully saturated rings. The third-order valence-corrected chi connectivity index (χ3v) is 5.19. The Bertz CT molecular complexity index is 1040. The van der Waals surface area contributed by atoms with Crippen molar-refractivity contribution in [2.24, 2.45) is 4.99 Å². The van der Waals surface area contributed by atoms with Gasteiger partial charge in [-0.1, -0.05) is 23.7 Å². The number of aromatic hydroxyl groups is 1. The maximum atomic E-state index is 12.6. The number of benzene rings is 2. The van der Waals surface area contributed by atoms with Crippen LogP contribution in [0.15, 0.2) is 69.2 Å². The number of hydrogen-bond acceptors (Lipinski definition) is 7. The van der Waals surface area contributed by atoms with E-state index < -0.39 is 0 Å². The molecule has 2 heterocycles. The molecule has 0 radical (unpaired) electrons. The number of amides is 1. The molecule has 0 saturated heterocycles. The zero-order valence-electron chi connectivity index (χ0n) is 14.4. The Morgan fingerprint density at radius 1 is 1.32 bits per heavy atom. The van der Waals surface area contributed by atoms with E-state index in [-0.39, 0.29) is 30.0 Å². The highest BCUT2D eigenvalue weighted by Crippen LogP contribution is 2.34. The Balaban J connectivity index is 1.51. The van der Waals surface area contributed by atoms with E-state index in [1.807, 2.05) is 18.2 Å². The first kappa shape index (κ1) is 18.4. The lowest BCUT2D eigenvalue weighted by Gasteiger charge is -2.18. The van der Waals surface area contributed by atoms with Gasteiger partial charge in [0.05, 0.1) is 22.7 Å². The number of carbonyl (C=O) groups is 1. The van der Waals surface area contributed by atoms with Crippen molar-refractivity contribution < 1.29 is 14.3 Å². The van der Waals surface area contributed by atoms with Crippen LogP contribution in [0.4, 0.5) is 5.69 Å². The van der Waals surface area contributed by atoms with Crippen LogP contribution in [0.25, 0.3) is 0 Å². The summed E-state index contributed by atoms with van der Waals surface area (Å²) in [5.41, 5.74) is 1.50. The van der Waals surface area contributed by atoms with Gasteiger partial charge < -0.3 is 19.6 Å². The second kappa shape index (κ2) is 7.95. The first-order valence-electron chi connectivity index (χ1n) is 8.38. The topological polar surface area (TPSA) is 99.8 Å². The highest BCUT2D eigenvalue weighted by atomic mass is 35.5. The van der Waals surface area contributed by atoms with E-state index in [1.165, 1.54) is 24.3 Å². The number of hydrogen-bond donors (Lipinski definition) is 3. The number of oxazole rings is 1. The Hall–Kier alpha value is -2.97. The number of aliphatic imine (C=N–C) groups is 1. The second-order valence-corrected chi connectivity index (χ2v) is 7.29. The first-order valence-corrected chi connectivity index (χ1v) is 9.57. The summed E-state index contributed by atoms with van der Waals surface area (Å²) in [4.78, 5) is 21.9. The van der Waals surface area contributed by atoms with Crippen LogP contribution < -0.4 is 10.0 Å². The van der Waals surface area contributed by atoms with Crippen LogP contribution in [0.1, 0.15) is 17.4 Å². The molecule has 4 rings (SSSR count). The number of amidine groups is 1. The van der Waals surface area contributed by atoms with E-state index >= 15 is 0 Å². The minimum Gasteiger partial charge on any atom is -0.508 e. The van der Waals surface area contributed by atoms with Crippen molar-refractivity contribution in [3.05, 3.63) is 71.4 Å². The molecule has 1 atom stereocenters. The van der Waals surface area contributed by atoms with Crippen LogP contribution in [0.2, 0.25) is 5.02 Å². The second-order valence-electron chi connectivity index (χ2n) is 6.00. The van der Waals surface area contributed by atoms with E-state index in [2.05, 4.69) is 20.0 Å². The van der Waals surface area contributed by atoms with Crippen molar-refractivity contribution >= 4 is 41.0 Å². The molecular weight excluding hydrogens is 400 g/mol. The van der Waals surface area contributed by atoms with Crippen molar-refractivity contribution in [1.82, 2.24) is 15.0 Å². The number of rotatable bonds is 5. The van der Waals surface area contributed by atoms with Gasteiger partial charge in [-0.2, -0.15) is 0 Å². The summed E-state index contributed by atoms with van der Waals surface area (Å²) < 4.78 is 8.34. The average Bonchev–Trinajstić information content (AvgIpc) is 3.22. The highest BCUT2D eigenvalue weighted by Gasteiger charge is 2.23. The average molecular weight is 415 g/mol. The molecule has 3 aromatic rings. The molecule has 2 aromatic carbocycles. The number of fused-ring (bicyclic) bond motifs is 1. The summed E-state index contributed by atoms with van der Waals surface area (Å²) in [5, 5.41) is 13.0. The van der Waals surface area contributed by atoms with Gasteiger partial charge >= 0.3 is 0 Å². The molecular formula is C19H15ClN4O3S. The van der Waals surface area contributed by atoms with Crippen LogP contribution >= 0.6 is 23.5 Å². The fourth-order valence-electron chi connectivity index (χ4n) is 2.78. The zero-order chi connectivity index (χ0) is 19.5. The van der Waals surface area contributed by atoms with Crippen LogP contribution in [0, 0.1) is 0 Å². The lowest BCUT2D eigenvalue weighted by molar-refractivity contribution is -0.115. The lowest BCUT2D eigenvalue weighted by atomic mass is 9.99. The Labute approximate surface area is 170 Å². The number of phenols is 1. The van der Waals surface area contributed by atoms with Crippen molar-refractivity contribution in [2.75, 3.05) is 6.54 Å². The summed E-state index contributed by atoms with van der Waals surface area (Å²) in [6.45, 7) is 0.257. The summed E-state index contributed by atoms with van der Waals surface area (Å²) in [6.07, 6.45) is 3.05. The first-order chi connectivity index (χ1) is 13.6. The minimum atomic E-state index is -0.357. The van der Waals surface area contributed by atoms with Gasteiger partial charge in [-0.05, 0) is 47.8 Å². The van der Waals surface area contributed by atoms with Gasteiger partial charge in [0.2, 0.25) is 11.7 Å². The predicted octanol–water partition coefficient (Wildman–Crippen LogP) is 3.62. The predicted molar refractivity (Wildman–Crippen MR) is 107 cm³/mol. The molecule has 9 heteroatoms. The van der Waals surface area contributed by atoms with Crippen molar-refractivity contribution in [3.8, 4) is 5.75 Å². The lowest BCUT2D eigenvalue weighted by Crippen LogP contribution is -2.40. The number of aromatic nitrogens is 1. The van der Waals surface area contributed by atoms with E-state index in [4.69, 9.17) is 16.0 Å². The van der Waals surface area contributed by atoms with Gasteiger partial charge in [-0.15, -0.1) is 0 Å². The quantitative estimate of drug-likeness (QED) is 0.551. The molecule has 0 bridgehead atoms. The summed E-state index contributed by atoms with van der Waals surface area (Å²) in [7, 11) is 0. The Morgan fingerprint density at radius 3 is 3.00 bits per heavy atom. The van der Waals surface area contributed by atoms with Crippen molar-refractivity contribution in [2.45, 2.75) is 10.8 Å². The van der Waals surface area contributed by atoms with Crippen LogP contribution in [0.3, 0.4) is 0 Å². The third-order valence-electron chi connectivity index (χ3n) is 4.12. The highest BCUT2D eigenvalue weighted by molar-refractivity contribution is 7.98.